The van der Waals surface area contributed by atoms with Gasteiger partial charge >= 0.3 is 11.7 Å². The summed E-state index contributed by atoms with van der Waals surface area (Å²) in [6.45, 7) is 3.57. The number of carbonyl (C=O) groups excluding carboxylic acids is 2. The molecular formula is C22H31N3O5. The molecule has 1 aromatic heterocycles. The SMILES string of the molecule is CC(C)Cn1c(N)c(C(=O)COC(=O)C23CC4CC(CC(C4)C2)C3)c(=O)n(C)c1=O. The minimum absolute atomic E-state index is 0.0966. The summed E-state index contributed by atoms with van der Waals surface area (Å²) in [5.74, 6) is 0.711. The second-order valence-electron chi connectivity index (χ2n) is 10.1. The highest BCUT2D eigenvalue weighted by molar-refractivity contribution is 6.01. The maximum atomic E-state index is 13.0. The molecule has 0 spiro atoms. The van der Waals surface area contributed by atoms with E-state index in [0.717, 1.165) is 23.8 Å². The molecule has 5 rings (SSSR count). The average molecular weight is 418 g/mol. The highest BCUT2D eigenvalue weighted by Crippen LogP contribution is 2.60. The lowest BCUT2D eigenvalue weighted by atomic mass is 9.49. The zero-order chi connectivity index (χ0) is 21.8. The monoisotopic (exact) mass is 417 g/mol. The number of nitrogens with zero attached hydrogens (tertiary/aromatic N) is 2. The molecule has 0 amide bonds. The fraction of sp³-hybridized carbons (Fsp3) is 0.727. The lowest BCUT2D eigenvalue weighted by molar-refractivity contribution is -0.170. The Kier molecular flexibility index (Phi) is 5.14. The van der Waals surface area contributed by atoms with Crippen LogP contribution in [0, 0.1) is 29.1 Å². The first kappa shape index (κ1) is 20.9. The van der Waals surface area contributed by atoms with E-state index < -0.39 is 29.1 Å². The first-order valence-corrected chi connectivity index (χ1v) is 10.9. The Hall–Kier alpha value is -2.38. The van der Waals surface area contributed by atoms with Gasteiger partial charge in [0.1, 0.15) is 11.4 Å². The van der Waals surface area contributed by atoms with Crippen LogP contribution in [0.15, 0.2) is 9.59 Å². The Morgan fingerprint density at radius 2 is 1.63 bits per heavy atom. The number of hydrogen-bond donors (Lipinski definition) is 1. The molecule has 0 radical (unpaired) electrons. The predicted octanol–water partition coefficient (Wildman–Crippen LogP) is 1.73. The van der Waals surface area contributed by atoms with Gasteiger partial charge in [0.15, 0.2) is 6.61 Å². The fourth-order valence-corrected chi connectivity index (χ4v) is 6.30. The molecule has 8 nitrogen and oxygen atoms in total. The minimum Gasteiger partial charge on any atom is -0.457 e. The van der Waals surface area contributed by atoms with Gasteiger partial charge in [-0.25, -0.2) is 4.79 Å². The number of anilines is 1. The van der Waals surface area contributed by atoms with Gasteiger partial charge in [0.05, 0.1) is 5.41 Å². The molecule has 0 atom stereocenters. The van der Waals surface area contributed by atoms with Crippen molar-refractivity contribution in [2.24, 2.45) is 36.1 Å². The van der Waals surface area contributed by atoms with Gasteiger partial charge in [-0.3, -0.25) is 23.5 Å². The van der Waals surface area contributed by atoms with Crippen LogP contribution in [0.4, 0.5) is 5.82 Å². The minimum atomic E-state index is -0.756. The Balaban J connectivity index is 1.53. The Morgan fingerprint density at radius 3 is 2.13 bits per heavy atom. The molecule has 2 N–H and O–H groups in total. The number of nitrogens with two attached hydrogens (primary N) is 1. The molecule has 4 bridgehead atoms. The second kappa shape index (κ2) is 7.39. The molecule has 1 heterocycles. The van der Waals surface area contributed by atoms with E-state index in [9.17, 15) is 19.2 Å². The molecule has 4 aliphatic carbocycles. The van der Waals surface area contributed by atoms with Crippen molar-refractivity contribution in [3.8, 4) is 0 Å². The fourth-order valence-electron chi connectivity index (χ4n) is 6.30. The van der Waals surface area contributed by atoms with Crippen molar-refractivity contribution in [2.75, 3.05) is 12.3 Å². The summed E-state index contributed by atoms with van der Waals surface area (Å²) < 4.78 is 7.58. The van der Waals surface area contributed by atoms with Crippen molar-refractivity contribution in [1.82, 2.24) is 9.13 Å². The maximum Gasteiger partial charge on any atom is 0.332 e. The van der Waals surface area contributed by atoms with Gasteiger partial charge in [0.25, 0.3) is 5.56 Å². The van der Waals surface area contributed by atoms with Crippen molar-refractivity contribution >= 4 is 17.6 Å². The van der Waals surface area contributed by atoms with Crippen molar-refractivity contribution in [2.45, 2.75) is 58.9 Å². The van der Waals surface area contributed by atoms with Crippen LogP contribution < -0.4 is 17.0 Å². The van der Waals surface area contributed by atoms with Gasteiger partial charge in [-0.2, -0.15) is 0 Å². The predicted molar refractivity (Wildman–Crippen MR) is 111 cm³/mol. The summed E-state index contributed by atoms with van der Waals surface area (Å²) in [5, 5.41) is 0. The summed E-state index contributed by atoms with van der Waals surface area (Å²) >= 11 is 0. The maximum absolute atomic E-state index is 13.0. The molecule has 8 heteroatoms. The molecule has 0 saturated heterocycles. The first-order valence-electron chi connectivity index (χ1n) is 10.9. The van der Waals surface area contributed by atoms with Crippen LogP contribution in [-0.2, 0) is 23.1 Å². The molecule has 1 aromatic rings. The van der Waals surface area contributed by atoms with Gasteiger partial charge in [-0.05, 0) is 62.2 Å². The van der Waals surface area contributed by atoms with Gasteiger partial charge in [-0.15, -0.1) is 0 Å². The molecule has 4 aliphatic rings. The van der Waals surface area contributed by atoms with E-state index >= 15 is 0 Å². The van der Waals surface area contributed by atoms with E-state index in [2.05, 4.69) is 0 Å². The number of rotatable bonds is 6. The number of carbonyl (C=O) groups is 2. The van der Waals surface area contributed by atoms with Crippen LogP contribution in [0.1, 0.15) is 62.7 Å². The van der Waals surface area contributed by atoms with Crippen molar-refractivity contribution < 1.29 is 14.3 Å². The third-order valence-electron chi connectivity index (χ3n) is 7.22. The molecular weight excluding hydrogens is 386 g/mol. The van der Waals surface area contributed by atoms with Crippen LogP contribution in [0.3, 0.4) is 0 Å². The molecule has 0 aliphatic heterocycles. The molecule has 164 valence electrons. The topological polar surface area (TPSA) is 113 Å². The number of aromatic nitrogens is 2. The number of esters is 1. The highest BCUT2D eigenvalue weighted by atomic mass is 16.5. The van der Waals surface area contributed by atoms with Gasteiger partial charge in [-0.1, -0.05) is 13.8 Å². The quantitative estimate of drug-likeness (QED) is 0.557. The normalized spacial score (nSPS) is 29.4. The molecule has 30 heavy (non-hydrogen) atoms. The first-order chi connectivity index (χ1) is 14.1. The van der Waals surface area contributed by atoms with Crippen LogP contribution in [0.2, 0.25) is 0 Å². The van der Waals surface area contributed by atoms with Crippen LogP contribution >= 0.6 is 0 Å². The summed E-state index contributed by atoms with van der Waals surface area (Å²) in [7, 11) is 1.32. The van der Waals surface area contributed by atoms with E-state index in [4.69, 9.17) is 10.5 Å². The van der Waals surface area contributed by atoms with Crippen molar-refractivity contribution in [3.63, 3.8) is 0 Å². The van der Waals surface area contributed by atoms with E-state index in [1.165, 1.54) is 30.9 Å². The van der Waals surface area contributed by atoms with Gasteiger partial charge < -0.3 is 10.5 Å². The zero-order valence-electron chi connectivity index (χ0n) is 18.0. The number of Topliss-reactive ketones (excluding diaryl/α,β-unsaturated/α-hetero) is 1. The van der Waals surface area contributed by atoms with Crippen molar-refractivity contribution in [3.05, 3.63) is 26.4 Å². The molecule has 4 fully saturated rings. The van der Waals surface area contributed by atoms with Gasteiger partial charge in [0, 0.05) is 13.6 Å². The number of nitrogen functional groups attached to an aromatic ring is 1. The standard InChI is InChI=1S/C22H31N3O5/c1-12(2)10-25-18(23)17(19(27)24(3)21(25)29)16(26)11-30-20(28)22-7-13-4-14(8-22)6-15(5-13)9-22/h12-15H,4-11,23H2,1-3H3. The lowest BCUT2D eigenvalue weighted by Gasteiger charge is -2.55. The Labute approximate surface area is 175 Å². The second-order valence-corrected chi connectivity index (χ2v) is 10.1. The van der Waals surface area contributed by atoms with Gasteiger partial charge in [0.2, 0.25) is 5.78 Å². The zero-order valence-corrected chi connectivity index (χ0v) is 18.0. The highest BCUT2D eigenvalue weighted by Gasteiger charge is 2.55. The smallest absolute Gasteiger partial charge is 0.332 e. The largest absolute Gasteiger partial charge is 0.457 e. The lowest BCUT2D eigenvalue weighted by Crippen LogP contribution is -2.51. The molecule has 0 aromatic carbocycles. The summed E-state index contributed by atoms with van der Waals surface area (Å²) in [5.41, 5.74) is 3.97. The molecule has 0 unspecified atom stereocenters. The molecule has 4 saturated carbocycles. The average Bonchev–Trinajstić information content (AvgIpc) is 2.66. The van der Waals surface area contributed by atoms with Crippen LogP contribution in [0.25, 0.3) is 0 Å². The Morgan fingerprint density at radius 1 is 1.10 bits per heavy atom. The summed E-state index contributed by atoms with van der Waals surface area (Å²) in [4.78, 5) is 50.8. The van der Waals surface area contributed by atoms with Crippen molar-refractivity contribution in [1.29, 1.82) is 0 Å². The Bertz CT molecular complexity index is 968. The van der Waals surface area contributed by atoms with E-state index in [-0.39, 0.29) is 29.8 Å². The third-order valence-corrected chi connectivity index (χ3v) is 7.22. The van der Waals surface area contributed by atoms with Crippen LogP contribution in [-0.4, -0.2) is 27.5 Å². The number of hydrogen-bond acceptors (Lipinski definition) is 6. The van der Waals surface area contributed by atoms with E-state index in [1.54, 1.807) is 0 Å². The number of ether oxygens (including phenoxy) is 1. The van der Waals surface area contributed by atoms with E-state index in [0.29, 0.717) is 17.8 Å². The summed E-state index contributed by atoms with van der Waals surface area (Å²) in [6, 6.07) is 0. The number of ketones is 1. The van der Waals surface area contributed by atoms with E-state index in [1.807, 2.05) is 13.8 Å². The van der Waals surface area contributed by atoms with Crippen LogP contribution in [0.5, 0.6) is 0 Å². The summed E-state index contributed by atoms with van der Waals surface area (Å²) in [6.07, 6.45) is 6.14. The third kappa shape index (κ3) is 3.40.